The van der Waals surface area contributed by atoms with Crippen LogP contribution in [-0.2, 0) is 38.3 Å². The maximum atomic E-state index is 13.5. The predicted octanol–water partition coefficient (Wildman–Crippen LogP) is 1.70. The average Bonchev–Trinajstić information content (AvgIpc) is 3.43. The number of ether oxygens (including phenoxy) is 2. The van der Waals surface area contributed by atoms with Crippen molar-refractivity contribution in [3.63, 3.8) is 0 Å². The van der Waals surface area contributed by atoms with Crippen LogP contribution in [0.25, 0.3) is 0 Å². The number of carbonyl (C=O) groups is 1. The van der Waals surface area contributed by atoms with Crippen LogP contribution in [0.15, 0.2) is 64.9 Å². The first-order chi connectivity index (χ1) is 20.2. The number of amides is 1. The Labute approximate surface area is 252 Å². The lowest BCUT2D eigenvalue weighted by Gasteiger charge is -2.33. The Morgan fingerprint density at radius 2 is 1.88 bits per heavy atom. The first-order valence-corrected chi connectivity index (χ1v) is 16.5. The van der Waals surface area contributed by atoms with Gasteiger partial charge in [-0.05, 0) is 49.4 Å². The first kappa shape index (κ1) is 32.3. The van der Waals surface area contributed by atoms with E-state index in [9.17, 15) is 26.7 Å². The van der Waals surface area contributed by atoms with Gasteiger partial charge in [-0.15, -0.1) is 0 Å². The number of aromatic nitrogens is 2. The van der Waals surface area contributed by atoms with Crippen molar-refractivity contribution >= 4 is 31.6 Å². The number of aliphatic hydroxyl groups is 1. The molecule has 0 aliphatic carbocycles. The zero-order valence-corrected chi connectivity index (χ0v) is 26.3. The molecule has 1 aliphatic rings. The topological polar surface area (TPSA) is 160 Å². The third-order valence-electron chi connectivity index (χ3n) is 7.33. The van der Waals surface area contributed by atoms with Gasteiger partial charge in [0, 0.05) is 44.0 Å². The number of hydrogen-bond donors (Lipinski definition) is 2. The number of hydrogen-bond acceptors (Lipinski definition) is 9. The first-order valence-electron chi connectivity index (χ1n) is 13.6. The summed E-state index contributed by atoms with van der Waals surface area (Å²) in [7, 11) is -3.31. The van der Waals surface area contributed by atoms with Crippen molar-refractivity contribution in [2.45, 2.75) is 42.3 Å². The van der Waals surface area contributed by atoms with Crippen LogP contribution < -0.4 is 14.2 Å². The lowest BCUT2D eigenvalue weighted by Crippen LogP contribution is -2.48. The molecule has 2 heterocycles. The molecule has 1 aliphatic heterocycles. The van der Waals surface area contributed by atoms with E-state index in [2.05, 4.69) is 9.71 Å². The largest absolute Gasteiger partial charge is 0.497 e. The highest BCUT2D eigenvalue weighted by Crippen LogP contribution is 2.31. The number of sulfonamides is 2. The number of fused-ring (bicyclic) bond motifs is 1. The fraction of sp³-hybridized carbons (Fsp3) is 0.429. The number of nitrogens with one attached hydrogen (secondary N) is 1. The van der Waals surface area contributed by atoms with E-state index in [0.717, 1.165) is 4.31 Å². The molecule has 15 heteroatoms. The summed E-state index contributed by atoms with van der Waals surface area (Å²) in [5.41, 5.74) is 0.621. The molecule has 234 valence electrons. The molecule has 0 saturated carbocycles. The number of likely N-dealkylation sites (N-methyl/N-ethyl adjacent to an activating group) is 1. The van der Waals surface area contributed by atoms with Crippen molar-refractivity contribution in [2.75, 3.05) is 38.6 Å². The summed E-state index contributed by atoms with van der Waals surface area (Å²) in [5, 5.41) is 9.77. The number of anilines is 1. The number of methoxy groups -OCH3 is 1. The minimum atomic E-state index is -3.96. The van der Waals surface area contributed by atoms with Gasteiger partial charge in [-0.2, -0.15) is 4.31 Å². The van der Waals surface area contributed by atoms with Crippen LogP contribution in [0.4, 0.5) is 5.69 Å². The minimum absolute atomic E-state index is 0.0261. The van der Waals surface area contributed by atoms with Crippen LogP contribution >= 0.6 is 0 Å². The second kappa shape index (κ2) is 12.9. The van der Waals surface area contributed by atoms with E-state index in [4.69, 9.17) is 9.47 Å². The van der Waals surface area contributed by atoms with Crippen molar-refractivity contribution in [3.05, 3.63) is 60.6 Å². The van der Waals surface area contributed by atoms with Gasteiger partial charge in [0.1, 0.15) is 17.6 Å². The van der Waals surface area contributed by atoms with Crippen LogP contribution in [0, 0.1) is 5.92 Å². The smallest absolute Gasteiger partial charge is 0.261 e. The van der Waals surface area contributed by atoms with Gasteiger partial charge in [0.05, 0.1) is 43.9 Å². The highest BCUT2D eigenvalue weighted by atomic mass is 32.2. The Morgan fingerprint density at radius 3 is 2.49 bits per heavy atom. The van der Waals surface area contributed by atoms with E-state index < -0.39 is 32.2 Å². The van der Waals surface area contributed by atoms with E-state index in [1.807, 2.05) is 6.92 Å². The molecule has 3 atom stereocenters. The lowest BCUT2D eigenvalue weighted by molar-refractivity contribution is -0.134. The lowest BCUT2D eigenvalue weighted by atomic mass is 10.0. The van der Waals surface area contributed by atoms with Crippen LogP contribution in [-0.4, -0.2) is 92.6 Å². The summed E-state index contributed by atoms with van der Waals surface area (Å²) in [6.07, 6.45) is 1.98. The van der Waals surface area contributed by atoms with Crippen molar-refractivity contribution < 1.29 is 36.2 Å². The number of aryl methyl sites for hydroxylation is 1. The molecule has 2 aromatic carbocycles. The van der Waals surface area contributed by atoms with E-state index in [-0.39, 0.29) is 53.6 Å². The maximum Gasteiger partial charge on any atom is 0.261 e. The van der Waals surface area contributed by atoms with Crippen molar-refractivity contribution in [1.29, 1.82) is 0 Å². The number of nitrogens with zero attached hydrogens (tertiary/aromatic N) is 4. The Morgan fingerprint density at radius 1 is 1.19 bits per heavy atom. The summed E-state index contributed by atoms with van der Waals surface area (Å²) < 4.78 is 69.3. The highest BCUT2D eigenvalue weighted by Gasteiger charge is 2.34. The van der Waals surface area contributed by atoms with E-state index in [1.165, 1.54) is 72.5 Å². The van der Waals surface area contributed by atoms with Gasteiger partial charge < -0.3 is 24.0 Å². The summed E-state index contributed by atoms with van der Waals surface area (Å²) in [4.78, 5) is 19.0. The summed E-state index contributed by atoms with van der Waals surface area (Å²) in [6, 6.07) is 10.0. The van der Waals surface area contributed by atoms with Gasteiger partial charge in [0.2, 0.25) is 5.91 Å². The van der Waals surface area contributed by atoms with Crippen LogP contribution in [0.2, 0.25) is 0 Å². The molecule has 2 N–H and O–H groups in total. The molecule has 13 nitrogen and oxygen atoms in total. The van der Waals surface area contributed by atoms with Gasteiger partial charge in [-0.1, -0.05) is 6.92 Å². The molecule has 0 bridgehead atoms. The third kappa shape index (κ3) is 7.29. The Hall–Kier alpha value is -3.66. The number of carbonyl (C=O) groups excluding carboxylic acids is 1. The van der Waals surface area contributed by atoms with Crippen molar-refractivity contribution in [1.82, 2.24) is 18.8 Å². The normalized spacial score (nSPS) is 18.7. The molecule has 0 spiro atoms. The van der Waals surface area contributed by atoms with Crippen molar-refractivity contribution in [2.24, 2.45) is 13.0 Å². The molecule has 1 aromatic heterocycles. The number of aliphatic hydroxyl groups excluding tert-OH is 1. The van der Waals surface area contributed by atoms with Crippen LogP contribution in [0.3, 0.4) is 0 Å². The van der Waals surface area contributed by atoms with Crippen LogP contribution in [0.5, 0.6) is 11.5 Å². The number of imidazole rings is 1. The van der Waals surface area contributed by atoms with E-state index >= 15 is 0 Å². The third-order valence-corrected chi connectivity index (χ3v) is 10.4. The molecular formula is C28H37N5O8S2. The molecule has 0 saturated heterocycles. The summed E-state index contributed by atoms with van der Waals surface area (Å²) in [6.45, 7) is 3.44. The maximum absolute atomic E-state index is 13.5. The summed E-state index contributed by atoms with van der Waals surface area (Å²) >= 11 is 0. The minimum Gasteiger partial charge on any atom is -0.497 e. The number of benzene rings is 2. The Bertz CT molecular complexity index is 1660. The monoisotopic (exact) mass is 635 g/mol. The fourth-order valence-electron chi connectivity index (χ4n) is 4.71. The van der Waals surface area contributed by atoms with Gasteiger partial charge in [-0.25, -0.2) is 21.8 Å². The molecule has 0 unspecified atom stereocenters. The van der Waals surface area contributed by atoms with Gasteiger partial charge in [0.15, 0.2) is 5.03 Å². The zero-order chi connectivity index (χ0) is 31.5. The zero-order valence-electron chi connectivity index (χ0n) is 24.7. The molecule has 0 fully saturated rings. The molecule has 3 aromatic rings. The molecule has 43 heavy (non-hydrogen) atoms. The van der Waals surface area contributed by atoms with E-state index in [0.29, 0.717) is 17.1 Å². The Kier molecular flexibility index (Phi) is 9.69. The predicted molar refractivity (Wildman–Crippen MR) is 159 cm³/mol. The molecule has 4 rings (SSSR count). The second-order valence-electron chi connectivity index (χ2n) is 10.7. The highest BCUT2D eigenvalue weighted by molar-refractivity contribution is 7.92. The van der Waals surface area contributed by atoms with E-state index in [1.54, 1.807) is 20.0 Å². The molecular weight excluding hydrogens is 598 g/mol. The number of rotatable bonds is 10. The summed E-state index contributed by atoms with van der Waals surface area (Å²) in [5.74, 6) is 0.192. The fourth-order valence-corrected chi connectivity index (χ4v) is 6.90. The SMILES string of the molecule is COc1ccc(S(=O)(=O)Nc2ccc3c(c2)CC(=O)N([C@@H](C)CO)C[C@@H](C)[C@@H](CN(C)S(=O)(=O)c2cn(C)cn2)O3)cc1. The average molecular weight is 636 g/mol. The Balaban J connectivity index is 1.67. The standard InChI is InChI=1S/C28H37N5O8S2/c1-19-14-33(20(2)17-34)28(35)13-21-12-22(30-42(36,37)24-9-7-23(40-5)8-10-24)6-11-25(21)41-26(19)15-32(4)43(38,39)27-16-31(3)18-29-27/h6-12,16,18-20,26,30,34H,13-15,17H2,1-5H3/t19-,20+,26-/m1/s1. The van der Waals surface area contributed by atoms with Crippen molar-refractivity contribution in [3.8, 4) is 11.5 Å². The quantitative estimate of drug-likeness (QED) is 0.338. The van der Waals surface area contributed by atoms with Gasteiger partial charge >= 0.3 is 0 Å². The van der Waals surface area contributed by atoms with Gasteiger partial charge in [0.25, 0.3) is 20.0 Å². The van der Waals surface area contributed by atoms with Gasteiger partial charge in [-0.3, -0.25) is 9.52 Å². The molecule has 0 radical (unpaired) electrons. The molecule has 1 amide bonds. The van der Waals surface area contributed by atoms with Crippen LogP contribution in [0.1, 0.15) is 19.4 Å². The second-order valence-corrected chi connectivity index (χ2v) is 14.3.